The summed E-state index contributed by atoms with van der Waals surface area (Å²) in [5.74, 6) is 0.127. The Kier molecular flexibility index (Phi) is 3.34. The second-order valence-electron chi connectivity index (χ2n) is 5.03. The van der Waals surface area contributed by atoms with Crippen LogP contribution in [0.1, 0.15) is 28.4 Å². The lowest BCUT2D eigenvalue weighted by Crippen LogP contribution is -2.01. The molecule has 1 nitrogen and oxygen atoms in total. The number of ketones is 1. The largest absolute Gasteiger partial charge is 0.295 e. The van der Waals surface area contributed by atoms with Crippen LogP contribution in [0.25, 0.3) is 10.8 Å². The SMILES string of the molecule is CC(=O)c1ccc2ccccc2c1Cc1ccccc1. The van der Waals surface area contributed by atoms with Gasteiger partial charge < -0.3 is 0 Å². The molecule has 3 rings (SSSR count). The van der Waals surface area contributed by atoms with E-state index >= 15 is 0 Å². The summed E-state index contributed by atoms with van der Waals surface area (Å²) in [5.41, 5.74) is 3.18. The van der Waals surface area contributed by atoms with E-state index in [0.29, 0.717) is 0 Å². The molecule has 0 spiro atoms. The molecule has 3 aromatic carbocycles. The third-order valence-electron chi connectivity index (χ3n) is 3.64. The zero-order valence-corrected chi connectivity index (χ0v) is 11.5. The van der Waals surface area contributed by atoms with Crippen LogP contribution >= 0.6 is 0 Å². The van der Waals surface area contributed by atoms with Crippen molar-refractivity contribution in [2.75, 3.05) is 0 Å². The normalized spacial score (nSPS) is 10.7. The molecule has 0 aliphatic heterocycles. The first kappa shape index (κ1) is 12.6. The number of rotatable bonds is 3. The molecule has 0 atom stereocenters. The molecule has 0 heterocycles. The van der Waals surface area contributed by atoms with E-state index in [1.54, 1.807) is 6.92 Å². The number of benzene rings is 3. The van der Waals surface area contributed by atoms with E-state index in [-0.39, 0.29) is 5.78 Å². The number of hydrogen-bond donors (Lipinski definition) is 0. The molecule has 3 aromatic rings. The Morgan fingerprint density at radius 2 is 1.55 bits per heavy atom. The molecule has 0 aromatic heterocycles. The van der Waals surface area contributed by atoms with Crippen molar-refractivity contribution in [3.05, 3.63) is 83.4 Å². The van der Waals surface area contributed by atoms with Crippen LogP contribution in [-0.4, -0.2) is 5.78 Å². The average molecular weight is 260 g/mol. The van der Waals surface area contributed by atoms with Gasteiger partial charge in [0.25, 0.3) is 0 Å². The van der Waals surface area contributed by atoms with Gasteiger partial charge in [-0.1, -0.05) is 66.7 Å². The molecule has 0 amide bonds. The minimum Gasteiger partial charge on any atom is -0.295 e. The van der Waals surface area contributed by atoms with Crippen LogP contribution in [0.2, 0.25) is 0 Å². The summed E-state index contributed by atoms with van der Waals surface area (Å²) < 4.78 is 0. The van der Waals surface area contributed by atoms with Crippen molar-refractivity contribution in [3.8, 4) is 0 Å². The van der Waals surface area contributed by atoms with Crippen LogP contribution in [0.5, 0.6) is 0 Å². The Morgan fingerprint density at radius 1 is 0.850 bits per heavy atom. The van der Waals surface area contributed by atoms with Gasteiger partial charge in [-0.3, -0.25) is 4.79 Å². The quantitative estimate of drug-likeness (QED) is 0.627. The Hall–Kier alpha value is -2.41. The highest BCUT2D eigenvalue weighted by atomic mass is 16.1. The second kappa shape index (κ2) is 5.30. The van der Waals surface area contributed by atoms with Crippen LogP contribution in [0.3, 0.4) is 0 Å². The van der Waals surface area contributed by atoms with Crippen molar-refractivity contribution in [1.82, 2.24) is 0 Å². The van der Waals surface area contributed by atoms with E-state index in [1.165, 1.54) is 16.3 Å². The van der Waals surface area contributed by atoms with Crippen LogP contribution in [0.4, 0.5) is 0 Å². The maximum atomic E-state index is 11.9. The fraction of sp³-hybridized carbons (Fsp3) is 0.105. The molecule has 98 valence electrons. The molecule has 0 aliphatic carbocycles. The first-order chi connectivity index (χ1) is 9.75. The fourth-order valence-corrected chi connectivity index (χ4v) is 2.66. The van der Waals surface area contributed by atoms with Gasteiger partial charge in [-0.2, -0.15) is 0 Å². The molecule has 0 bridgehead atoms. The van der Waals surface area contributed by atoms with Gasteiger partial charge in [-0.25, -0.2) is 0 Å². The maximum Gasteiger partial charge on any atom is 0.160 e. The first-order valence-corrected chi connectivity index (χ1v) is 6.81. The lowest BCUT2D eigenvalue weighted by atomic mass is 9.92. The second-order valence-corrected chi connectivity index (χ2v) is 5.03. The number of Topliss-reactive ketones (excluding diaryl/α,β-unsaturated/α-hetero) is 1. The Bertz CT molecular complexity index is 757. The summed E-state index contributed by atoms with van der Waals surface area (Å²) in [6.45, 7) is 1.64. The fourth-order valence-electron chi connectivity index (χ4n) is 2.66. The molecule has 0 aliphatic rings. The molecule has 0 saturated heterocycles. The molecular formula is C19H16O. The molecule has 0 saturated carbocycles. The van der Waals surface area contributed by atoms with Crippen LogP contribution in [-0.2, 0) is 6.42 Å². The minimum absolute atomic E-state index is 0.127. The lowest BCUT2D eigenvalue weighted by Gasteiger charge is -2.11. The van der Waals surface area contributed by atoms with Crippen molar-refractivity contribution in [2.24, 2.45) is 0 Å². The van der Waals surface area contributed by atoms with Crippen LogP contribution in [0, 0.1) is 0 Å². The number of hydrogen-bond acceptors (Lipinski definition) is 1. The summed E-state index contributed by atoms with van der Waals surface area (Å²) in [5, 5.41) is 2.35. The summed E-state index contributed by atoms with van der Waals surface area (Å²) in [7, 11) is 0. The van der Waals surface area contributed by atoms with Crippen LogP contribution in [0.15, 0.2) is 66.7 Å². The zero-order chi connectivity index (χ0) is 13.9. The van der Waals surface area contributed by atoms with E-state index in [1.807, 2.05) is 42.5 Å². The first-order valence-electron chi connectivity index (χ1n) is 6.81. The van der Waals surface area contributed by atoms with E-state index in [0.717, 1.165) is 17.5 Å². The smallest absolute Gasteiger partial charge is 0.160 e. The van der Waals surface area contributed by atoms with Crippen molar-refractivity contribution >= 4 is 16.6 Å². The lowest BCUT2D eigenvalue weighted by molar-refractivity contribution is 0.101. The minimum atomic E-state index is 0.127. The highest BCUT2D eigenvalue weighted by Gasteiger charge is 2.11. The van der Waals surface area contributed by atoms with Crippen molar-refractivity contribution < 1.29 is 4.79 Å². The topological polar surface area (TPSA) is 17.1 Å². The zero-order valence-electron chi connectivity index (χ0n) is 11.5. The summed E-state index contributed by atoms with van der Waals surface area (Å²) >= 11 is 0. The molecule has 0 fully saturated rings. The number of fused-ring (bicyclic) bond motifs is 1. The van der Waals surface area contributed by atoms with Gasteiger partial charge in [0, 0.05) is 5.56 Å². The van der Waals surface area contributed by atoms with E-state index < -0.39 is 0 Å². The van der Waals surface area contributed by atoms with Gasteiger partial charge >= 0.3 is 0 Å². The van der Waals surface area contributed by atoms with Crippen molar-refractivity contribution in [1.29, 1.82) is 0 Å². The molecule has 1 heteroatoms. The molecule has 0 N–H and O–H groups in total. The van der Waals surface area contributed by atoms with Gasteiger partial charge in [0.1, 0.15) is 0 Å². The molecular weight excluding hydrogens is 244 g/mol. The number of carbonyl (C=O) groups is 1. The van der Waals surface area contributed by atoms with Gasteiger partial charge in [0.2, 0.25) is 0 Å². The van der Waals surface area contributed by atoms with Crippen LogP contribution < -0.4 is 0 Å². The highest BCUT2D eigenvalue weighted by Crippen LogP contribution is 2.25. The summed E-state index contributed by atoms with van der Waals surface area (Å²) in [6, 6.07) is 22.5. The summed E-state index contributed by atoms with van der Waals surface area (Å²) in [4.78, 5) is 11.9. The predicted octanol–water partition coefficient (Wildman–Crippen LogP) is 4.63. The monoisotopic (exact) mass is 260 g/mol. The van der Waals surface area contributed by atoms with E-state index in [4.69, 9.17) is 0 Å². The van der Waals surface area contributed by atoms with E-state index in [9.17, 15) is 4.79 Å². The summed E-state index contributed by atoms with van der Waals surface area (Å²) in [6.07, 6.45) is 0.789. The Balaban J connectivity index is 2.20. The maximum absolute atomic E-state index is 11.9. The van der Waals surface area contributed by atoms with Crippen molar-refractivity contribution in [2.45, 2.75) is 13.3 Å². The Labute approximate surface area is 118 Å². The highest BCUT2D eigenvalue weighted by molar-refractivity contribution is 6.01. The molecule has 0 radical (unpaired) electrons. The third-order valence-corrected chi connectivity index (χ3v) is 3.64. The number of carbonyl (C=O) groups excluding carboxylic acids is 1. The molecule has 0 unspecified atom stereocenters. The molecule has 20 heavy (non-hydrogen) atoms. The third kappa shape index (κ3) is 2.35. The van der Waals surface area contributed by atoms with Gasteiger partial charge in [-0.15, -0.1) is 0 Å². The Morgan fingerprint density at radius 3 is 2.30 bits per heavy atom. The standard InChI is InChI=1S/C19H16O/c1-14(20)17-12-11-16-9-5-6-10-18(16)19(17)13-15-7-3-2-4-8-15/h2-12H,13H2,1H3. The van der Waals surface area contributed by atoms with Gasteiger partial charge in [0.05, 0.1) is 0 Å². The van der Waals surface area contributed by atoms with E-state index in [2.05, 4.69) is 24.3 Å². The predicted molar refractivity (Wildman–Crippen MR) is 83.2 cm³/mol. The van der Waals surface area contributed by atoms with Gasteiger partial charge in [0.15, 0.2) is 5.78 Å². The average Bonchev–Trinajstić information content (AvgIpc) is 2.48. The van der Waals surface area contributed by atoms with Gasteiger partial charge in [-0.05, 0) is 35.2 Å². The van der Waals surface area contributed by atoms with Crippen molar-refractivity contribution in [3.63, 3.8) is 0 Å².